The molecular weight excluding hydrogens is 340 g/mol. The van der Waals surface area contributed by atoms with E-state index in [1.807, 2.05) is 0 Å². The van der Waals surface area contributed by atoms with Crippen molar-refractivity contribution in [2.45, 2.75) is 6.92 Å². The highest BCUT2D eigenvalue weighted by Gasteiger charge is 2.18. The number of nitrogens with zero attached hydrogens (tertiary/aromatic N) is 1. The Bertz CT molecular complexity index is 1060. The van der Waals surface area contributed by atoms with E-state index in [1.165, 1.54) is 24.3 Å². The number of nitro benzene ring substituents is 1. The second kappa shape index (κ2) is 7.06. The molecule has 26 heavy (non-hydrogen) atoms. The monoisotopic (exact) mass is 354 g/mol. The summed E-state index contributed by atoms with van der Waals surface area (Å²) in [6.45, 7) is 1.99. The number of ether oxygens (including phenoxy) is 1. The van der Waals surface area contributed by atoms with Gasteiger partial charge >= 0.3 is 11.3 Å². The molecule has 3 aromatic rings. The van der Waals surface area contributed by atoms with Crippen molar-refractivity contribution < 1.29 is 18.9 Å². The first kappa shape index (κ1) is 17.2. The van der Waals surface area contributed by atoms with Crippen LogP contribution in [0.5, 0.6) is 5.75 Å². The molecule has 0 aliphatic carbocycles. The third-order valence-corrected chi connectivity index (χ3v) is 3.59. The van der Waals surface area contributed by atoms with Gasteiger partial charge in [0.2, 0.25) is 0 Å². The van der Waals surface area contributed by atoms with Crippen molar-refractivity contribution in [3.8, 4) is 5.75 Å². The van der Waals surface area contributed by atoms with Crippen LogP contribution in [-0.4, -0.2) is 17.4 Å². The minimum absolute atomic E-state index is 0.106. The Labute approximate surface area is 147 Å². The van der Waals surface area contributed by atoms with E-state index in [4.69, 9.17) is 9.15 Å². The molecule has 2 aromatic carbocycles. The van der Waals surface area contributed by atoms with Gasteiger partial charge in [-0.1, -0.05) is 0 Å². The third-order valence-electron chi connectivity index (χ3n) is 3.59. The molecule has 0 bridgehead atoms. The molecule has 0 spiro atoms. The van der Waals surface area contributed by atoms with Crippen LogP contribution in [0.3, 0.4) is 0 Å². The van der Waals surface area contributed by atoms with Crippen molar-refractivity contribution in [2.75, 3.05) is 11.9 Å². The summed E-state index contributed by atoms with van der Waals surface area (Å²) >= 11 is 0. The zero-order valence-corrected chi connectivity index (χ0v) is 13.7. The largest absolute Gasteiger partial charge is 0.487 e. The van der Waals surface area contributed by atoms with Crippen molar-refractivity contribution in [2.24, 2.45) is 0 Å². The zero-order valence-electron chi connectivity index (χ0n) is 13.7. The predicted molar refractivity (Wildman–Crippen MR) is 94.7 cm³/mol. The Morgan fingerprint density at radius 2 is 2.00 bits per heavy atom. The highest BCUT2D eigenvalue weighted by Crippen LogP contribution is 2.28. The molecule has 0 atom stereocenters. The lowest BCUT2D eigenvalue weighted by molar-refractivity contribution is -0.385. The van der Waals surface area contributed by atoms with Gasteiger partial charge in [0.05, 0.1) is 11.5 Å². The van der Waals surface area contributed by atoms with Gasteiger partial charge in [-0.3, -0.25) is 14.9 Å². The van der Waals surface area contributed by atoms with Gasteiger partial charge in [-0.05, 0) is 43.3 Å². The number of nitrogens with one attached hydrogen (secondary N) is 1. The van der Waals surface area contributed by atoms with Gasteiger partial charge < -0.3 is 14.5 Å². The van der Waals surface area contributed by atoms with Crippen LogP contribution in [0, 0.1) is 10.1 Å². The number of fused-ring (bicyclic) bond motifs is 1. The molecule has 1 aromatic heterocycles. The molecule has 8 heteroatoms. The maximum Gasteiger partial charge on any atom is 0.336 e. The lowest BCUT2D eigenvalue weighted by Crippen LogP contribution is -2.12. The Kier molecular flexibility index (Phi) is 4.66. The standard InChI is InChI=1S/C18H14N2O6/c1-2-25-16-6-3-12(10-14(16)20(23)24)18(22)19-13-5-7-15-11(9-13)4-8-17(21)26-15/h3-10H,2H2,1H3,(H,19,22). The fraction of sp³-hybridized carbons (Fsp3) is 0.111. The van der Waals surface area contributed by atoms with E-state index < -0.39 is 16.5 Å². The van der Waals surface area contributed by atoms with Crippen molar-refractivity contribution in [3.63, 3.8) is 0 Å². The molecule has 1 heterocycles. The number of hydrogen-bond donors (Lipinski definition) is 1. The first-order valence-electron chi connectivity index (χ1n) is 7.74. The summed E-state index contributed by atoms with van der Waals surface area (Å²) in [6.07, 6.45) is 0. The van der Waals surface area contributed by atoms with Gasteiger partial charge in [0, 0.05) is 28.8 Å². The van der Waals surface area contributed by atoms with Crippen LogP contribution in [0.2, 0.25) is 0 Å². The maximum atomic E-state index is 12.4. The summed E-state index contributed by atoms with van der Waals surface area (Å²) < 4.78 is 10.2. The number of anilines is 1. The van der Waals surface area contributed by atoms with Crippen LogP contribution in [0.1, 0.15) is 17.3 Å². The lowest BCUT2D eigenvalue weighted by atomic mass is 10.1. The average Bonchev–Trinajstić information content (AvgIpc) is 2.62. The number of benzene rings is 2. The van der Waals surface area contributed by atoms with Crippen molar-refractivity contribution in [1.29, 1.82) is 0 Å². The summed E-state index contributed by atoms with van der Waals surface area (Å²) in [5, 5.41) is 14.5. The van der Waals surface area contributed by atoms with E-state index in [-0.39, 0.29) is 23.6 Å². The summed E-state index contributed by atoms with van der Waals surface area (Å²) in [4.78, 5) is 34.2. The van der Waals surface area contributed by atoms with E-state index in [0.29, 0.717) is 16.7 Å². The minimum atomic E-state index is -0.597. The van der Waals surface area contributed by atoms with Crippen LogP contribution >= 0.6 is 0 Å². The average molecular weight is 354 g/mol. The molecular formula is C18H14N2O6. The molecule has 0 radical (unpaired) electrons. The van der Waals surface area contributed by atoms with E-state index in [0.717, 1.165) is 0 Å². The summed E-state index contributed by atoms with van der Waals surface area (Å²) in [5.41, 5.74) is 0.246. The first-order chi connectivity index (χ1) is 12.5. The molecule has 0 saturated carbocycles. The van der Waals surface area contributed by atoms with Crippen LogP contribution in [-0.2, 0) is 0 Å². The smallest absolute Gasteiger partial charge is 0.336 e. The van der Waals surface area contributed by atoms with E-state index in [1.54, 1.807) is 31.2 Å². The molecule has 132 valence electrons. The first-order valence-corrected chi connectivity index (χ1v) is 7.74. The summed E-state index contributed by atoms with van der Waals surface area (Å²) in [5.74, 6) is -0.400. The molecule has 1 amide bonds. The normalized spacial score (nSPS) is 10.5. The Balaban J connectivity index is 1.88. The van der Waals surface area contributed by atoms with Gasteiger partial charge in [-0.25, -0.2) is 4.79 Å². The molecule has 0 aliphatic heterocycles. The molecule has 0 unspecified atom stereocenters. The van der Waals surface area contributed by atoms with Crippen LogP contribution in [0.15, 0.2) is 57.7 Å². The van der Waals surface area contributed by atoms with Gasteiger partial charge in [0.15, 0.2) is 5.75 Å². The zero-order chi connectivity index (χ0) is 18.7. The van der Waals surface area contributed by atoms with Crippen molar-refractivity contribution in [3.05, 3.63) is 74.6 Å². The number of nitro groups is 1. The molecule has 3 rings (SSSR count). The number of rotatable bonds is 5. The van der Waals surface area contributed by atoms with Crippen LogP contribution < -0.4 is 15.7 Å². The minimum Gasteiger partial charge on any atom is -0.487 e. The number of hydrogen-bond acceptors (Lipinski definition) is 6. The van der Waals surface area contributed by atoms with E-state index in [9.17, 15) is 19.7 Å². The molecule has 0 aliphatic rings. The molecule has 1 N–H and O–H groups in total. The van der Waals surface area contributed by atoms with Gasteiger partial charge in [-0.2, -0.15) is 0 Å². The highest BCUT2D eigenvalue weighted by molar-refractivity contribution is 6.05. The third kappa shape index (κ3) is 3.54. The second-order valence-electron chi connectivity index (χ2n) is 5.33. The van der Waals surface area contributed by atoms with Gasteiger partial charge in [0.1, 0.15) is 5.58 Å². The highest BCUT2D eigenvalue weighted by atomic mass is 16.6. The van der Waals surface area contributed by atoms with Crippen LogP contribution in [0.25, 0.3) is 11.0 Å². The van der Waals surface area contributed by atoms with Crippen LogP contribution in [0.4, 0.5) is 11.4 Å². The Morgan fingerprint density at radius 1 is 1.19 bits per heavy atom. The number of amides is 1. The van der Waals surface area contributed by atoms with Crippen molar-refractivity contribution >= 4 is 28.3 Å². The lowest BCUT2D eigenvalue weighted by Gasteiger charge is -2.08. The van der Waals surface area contributed by atoms with Crippen molar-refractivity contribution in [1.82, 2.24) is 0 Å². The molecule has 0 fully saturated rings. The topological polar surface area (TPSA) is 112 Å². The Morgan fingerprint density at radius 3 is 2.73 bits per heavy atom. The number of carbonyl (C=O) groups excluding carboxylic acids is 1. The summed E-state index contributed by atoms with van der Waals surface area (Å²) in [7, 11) is 0. The fourth-order valence-electron chi connectivity index (χ4n) is 2.43. The quantitative estimate of drug-likeness (QED) is 0.427. The SMILES string of the molecule is CCOc1ccc(C(=O)Nc2ccc3oc(=O)ccc3c2)cc1[N+](=O)[O-]. The Hall–Kier alpha value is -3.68. The predicted octanol–water partition coefficient (Wildman–Crippen LogP) is 3.35. The maximum absolute atomic E-state index is 12.4. The number of carbonyl (C=O) groups is 1. The van der Waals surface area contributed by atoms with Gasteiger partial charge in [-0.15, -0.1) is 0 Å². The van der Waals surface area contributed by atoms with Gasteiger partial charge in [0.25, 0.3) is 5.91 Å². The molecule has 8 nitrogen and oxygen atoms in total. The fourth-order valence-corrected chi connectivity index (χ4v) is 2.43. The van der Waals surface area contributed by atoms with E-state index in [2.05, 4.69) is 5.32 Å². The second-order valence-corrected chi connectivity index (χ2v) is 5.33. The summed E-state index contributed by atoms with van der Waals surface area (Å²) in [6, 6.07) is 11.7. The van der Waals surface area contributed by atoms with E-state index >= 15 is 0 Å². The molecule has 0 saturated heterocycles.